The highest BCUT2D eigenvalue weighted by Crippen LogP contribution is 2.34. The zero-order valence-electron chi connectivity index (χ0n) is 15.2. The largest absolute Gasteiger partial charge is 0.496 e. The second kappa shape index (κ2) is 7.75. The van der Waals surface area contributed by atoms with Crippen molar-refractivity contribution < 1.29 is 9.53 Å². The normalized spacial score (nSPS) is 19.2. The molecule has 1 aromatic carbocycles. The van der Waals surface area contributed by atoms with Crippen LogP contribution in [0.15, 0.2) is 24.3 Å². The standard InChI is InChI=1S/C19H22N4O2S/c1-13-17(8-9-22(13)11-20)23(12-24)10-16-14(2)26-19(21-16)15-6-4-5-7-18(15)25-3/h4-7,12-13,17H,8-10H2,1-3H3. The predicted octanol–water partition coefficient (Wildman–Crippen LogP) is 3.03. The molecule has 136 valence electrons. The van der Waals surface area contributed by atoms with Gasteiger partial charge in [-0.2, -0.15) is 5.26 Å². The smallest absolute Gasteiger partial charge is 0.210 e. The topological polar surface area (TPSA) is 69.5 Å². The number of amides is 1. The first kappa shape index (κ1) is 18.2. The Labute approximate surface area is 157 Å². The number of hydrogen-bond acceptors (Lipinski definition) is 6. The van der Waals surface area contributed by atoms with Gasteiger partial charge in [0.25, 0.3) is 0 Å². The summed E-state index contributed by atoms with van der Waals surface area (Å²) in [6, 6.07) is 7.85. The minimum atomic E-state index is 0.0258. The van der Waals surface area contributed by atoms with Crippen LogP contribution in [-0.4, -0.2) is 46.9 Å². The van der Waals surface area contributed by atoms with Crippen LogP contribution in [-0.2, 0) is 11.3 Å². The summed E-state index contributed by atoms with van der Waals surface area (Å²) in [5.74, 6) is 0.786. The molecule has 1 aliphatic rings. The van der Waals surface area contributed by atoms with Crippen LogP contribution in [0, 0.1) is 18.4 Å². The number of thiazole rings is 1. The minimum Gasteiger partial charge on any atom is -0.496 e. The predicted molar refractivity (Wildman–Crippen MR) is 101 cm³/mol. The number of nitrogens with zero attached hydrogens (tertiary/aromatic N) is 4. The van der Waals surface area contributed by atoms with E-state index < -0.39 is 0 Å². The molecule has 2 heterocycles. The Balaban J connectivity index is 1.83. The van der Waals surface area contributed by atoms with Gasteiger partial charge in [0, 0.05) is 11.4 Å². The van der Waals surface area contributed by atoms with E-state index >= 15 is 0 Å². The number of aromatic nitrogens is 1. The first-order valence-corrected chi connectivity index (χ1v) is 9.37. The van der Waals surface area contributed by atoms with E-state index in [-0.39, 0.29) is 12.1 Å². The number of carbonyl (C=O) groups is 1. The van der Waals surface area contributed by atoms with E-state index in [0.29, 0.717) is 13.1 Å². The summed E-state index contributed by atoms with van der Waals surface area (Å²) in [5.41, 5.74) is 1.85. The van der Waals surface area contributed by atoms with Crippen LogP contribution in [0.5, 0.6) is 5.75 Å². The Hall–Kier alpha value is -2.59. The zero-order chi connectivity index (χ0) is 18.7. The van der Waals surface area contributed by atoms with Gasteiger partial charge in [0.05, 0.1) is 37.0 Å². The molecule has 3 rings (SSSR count). The van der Waals surface area contributed by atoms with Gasteiger partial charge in [0.2, 0.25) is 6.41 Å². The molecular weight excluding hydrogens is 348 g/mol. The summed E-state index contributed by atoms with van der Waals surface area (Å²) < 4.78 is 5.43. The van der Waals surface area contributed by atoms with Crippen LogP contribution in [0.25, 0.3) is 10.6 Å². The summed E-state index contributed by atoms with van der Waals surface area (Å²) in [4.78, 5) is 21.1. The van der Waals surface area contributed by atoms with Crippen LogP contribution in [0.2, 0.25) is 0 Å². The van der Waals surface area contributed by atoms with Crippen molar-refractivity contribution in [1.29, 1.82) is 5.26 Å². The number of rotatable bonds is 6. The van der Waals surface area contributed by atoms with Crippen molar-refractivity contribution in [2.24, 2.45) is 0 Å². The van der Waals surface area contributed by atoms with E-state index in [2.05, 4.69) is 6.19 Å². The number of methoxy groups -OCH3 is 1. The van der Waals surface area contributed by atoms with Gasteiger partial charge >= 0.3 is 0 Å². The van der Waals surface area contributed by atoms with Crippen molar-refractivity contribution in [2.75, 3.05) is 13.7 Å². The van der Waals surface area contributed by atoms with Crippen LogP contribution in [0.1, 0.15) is 23.9 Å². The molecule has 0 spiro atoms. The first-order chi connectivity index (χ1) is 12.6. The molecule has 6 nitrogen and oxygen atoms in total. The molecule has 0 radical (unpaired) electrons. The lowest BCUT2D eigenvalue weighted by Gasteiger charge is -2.28. The maximum absolute atomic E-state index is 11.7. The van der Waals surface area contributed by atoms with E-state index in [4.69, 9.17) is 15.0 Å². The quantitative estimate of drug-likeness (QED) is 0.577. The Morgan fingerprint density at radius 3 is 2.92 bits per heavy atom. The van der Waals surface area contributed by atoms with Crippen molar-refractivity contribution in [3.05, 3.63) is 34.8 Å². The van der Waals surface area contributed by atoms with Crippen molar-refractivity contribution >= 4 is 17.7 Å². The number of hydrogen-bond donors (Lipinski definition) is 0. The van der Waals surface area contributed by atoms with Crippen LogP contribution >= 0.6 is 11.3 Å². The molecule has 1 amide bonds. The number of nitriles is 1. The number of aryl methyl sites for hydroxylation is 1. The van der Waals surface area contributed by atoms with Gasteiger partial charge in [-0.05, 0) is 32.4 Å². The van der Waals surface area contributed by atoms with Crippen molar-refractivity contribution in [2.45, 2.75) is 38.9 Å². The molecule has 0 saturated carbocycles. The first-order valence-electron chi connectivity index (χ1n) is 8.56. The van der Waals surface area contributed by atoms with E-state index in [1.807, 2.05) is 38.1 Å². The highest BCUT2D eigenvalue weighted by atomic mass is 32.1. The SMILES string of the molecule is COc1ccccc1-c1nc(CN(C=O)C2CCN(C#N)C2C)c(C)s1. The number of para-hydroxylation sites is 1. The molecule has 1 fully saturated rings. The Morgan fingerprint density at radius 1 is 1.50 bits per heavy atom. The third-order valence-corrected chi connectivity index (χ3v) is 6.01. The fraction of sp³-hybridized carbons (Fsp3) is 0.421. The molecule has 1 aromatic heterocycles. The van der Waals surface area contributed by atoms with Gasteiger partial charge in [-0.1, -0.05) is 12.1 Å². The fourth-order valence-electron chi connectivity index (χ4n) is 3.42. The van der Waals surface area contributed by atoms with Gasteiger partial charge in [-0.25, -0.2) is 4.98 Å². The summed E-state index contributed by atoms with van der Waals surface area (Å²) in [7, 11) is 1.65. The van der Waals surface area contributed by atoms with Crippen LogP contribution in [0.4, 0.5) is 0 Å². The van der Waals surface area contributed by atoms with Gasteiger partial charge in [0.15, 0.2) is 6.19 Å². The second-order valence-corrected chi connectivity index (χ2v) is 7.59. The molecule has 1 saturated heterocycles. The average molecular weight is 370 g/mol. The molecule has 7 heteroatoms. The summed E-state index contributed by atoms with van der Waals surface area (Å²) in [6.45, 7) is 5.16. The van der Waals surface area contributed by atoms with E-state index in [1.165, 1.54) is 0 Å². The Kier molecular flexibility index (Phi) is 5.43. The van der Waals surface area contributed by atoms with E-state index in [9.17, 15) is 4.79 Å². The average Bonchev–Trinajstić information content (AvgIpc) is 3.22. The lowest BCUT2D eigenvalue weighted by molar-refractivity contribution is -0.121. The summed E-state index contributed by atoms with van der Waals surface area (Å²) in [5, 5.41) is 10.1. The molecule has 0 aliphatic carbocycles. The third kappa shape index (κ3) is 3.37. The molecule has 2 atom stereocenters. The van der Waals surface area contributed by atoms with Gasteiger partial charge in [-0.15, -0.1) is 11.3 Å². The van der Waals surface area contributed by atoms with Gasteiger partial charge in [-0.3, -0.25) is 4.79 Å². The fourth-order valence-corrected chi connectivity index (χ4v) is 4.38. The monoisotopic (exact) mass is 370 g/mol. The maximum Gasteiger partial charge on any atom is 0.210 e. The van der Waals surface area contributed by atoms with Crippen LogP contribution in [0.3, 0.4) is 0 Å². The summed E-state index contributed by atoms with van der Waals surface area (Å²) >= 11 is 1.60. The van der Waals surface area contributed by atoms with E-state index in [0.717, 1.165) is 39.7 Å². The van der Waals surface area contributed by atoms with Crippen molar-refractivity contribution in [3.8, 4) is 22.5 Å². The number of carbonyl (C=O) groups excluding carboxylic acids is 1. The zero-order valence-corrected chi connectivity index (χ0v) is 16.0. The molecule has 0 N–H and O–H groups in total. The molecule has 2 aromatic rings. The maximum atomic E-state index is 11.7. The van der Waals surface area contributed by atoms with Crippen molar-refractivity contribution in [3.63, 3.8) is 0 Å². The van der Waals surface area contributed by atoms with E-state index in [1.54, 1.807) is 28.2 Å². The molecule has 2 unspecified atom stereocenters. The molecular formula is C19H22N4O2S. The Morgan fingerprint density at radius 2 is 2.27 bits per heavy atom. The van der Waals surface area contributed by atoms with Crippen LogP contribution < -0.4 is 4.74 Å². The molecule has 26 heavy (non-hydrogen) atoms. The minimum absolute atomic E-state index is 0.0258. The lowest BCUT2D eigenvalue weighted by Crippen LogP contribution is -2.41. The highest BCUT2D eigenvalue weighted by Gasteiger charge is 2.34. The highest BCUT2D eigenvalue weighted by molar-refractivity contribution is 7.15. The second-order valence-electron chi connectivity index (χ2n) is 6.39. The van der Waals surface area contributed by atoms with Gasteiger partial charge < -0.3 is 14.5 Å². The number of likely N-dealkylation sites (tertiary alicyclic amines) is 1. The van der Waals surface area contributed by atoms with Crippen molar-refractivity contribution in [1.82, 2.24) is 14.8 Å². The summed E-state index contributed by atoms with van der Waals surface area (Å²) in [6.07, 6.45) is 3.88. The number of ether oxygens (including phenoxy) is 1. The van der Waals surface area contributed by atoms with Gasteiger partial charge in [0.1, 0.15) is 10.8 Å². The Bertz CT molecular complexity index is 829. The molecule has 0 bridgehead atoms. The lowest BCUT2D eigenvalue weighted by atomic mass is 10.1. The molecule has 1 aliphatic heterocycles. The number of benzene rings is 1. The third-order valence-electron chi connectivity index (χ3n) is 4.97.